The van der Waals surface area contributed by atoms with Gasteiger partial charge in [0.15, 0.2) is 0 Å². The Morgan fingerprint density at radius 1 is 1.40 bits per heavy atom. The van der Waals surface area contributed by atoms with Crippen LogP contribution in [0.25, 0.3) is 0 Å². The van der Waals surface area contributed by atoms with Crippen LogP contribution in [0.3, 0.4) is 0 Å². The first-order chi connectivity index (χ1) is 9.37. The van der Waals surface area contributed by atoms with Crippen molar-refractivity contribution in [3.8, 4) is 0 Å². The van der Waals surface area contributed by atoms with Crippen LogP contribution in [0.15, 0.2) is 17.0 Å². The van der Waals surface area contributed by atoms with Gasteiger partial charge in [-0.05, 0) is 43.9 Å². The topological polar surface area (TPSA) is 63.4 Å². The number of nitrogen functional groups attached to an aromatic ring is 1. The highest BCUT2D eigenvalue weighted by Gasteiger charge is 2.38. The molecule has 1 aromatic rings. The average molecular weight is 317 g/mol. The number of rotatable bonds is 6. The number of hydrogen-bond donors (Lipinski definition) is 1. The van der Waals surface area contributed by atoms with E-state index in [0.717, 1.165) is 25.7 Å². The Labute approximate surface area is 126 Å². The number of nitrogens with two attached hydrogens (primary N) is 1. The van der Waals surface area contributed by atoms with Crippen molar-refractivity contribution in [3.05, 3.63) is 22.7 Å². The molecule has 0 radical (unpaired) electrons. The van der Waals surface area contributed by atoms with Crippen LogP contribution < -0.4 is 5.73 Å². The van der Waals surface area contributed by atoms with E-state index in [4.69, 9.17) is 17.3 Å². The molecule has 20 heavy (non-hydrogen) atoms. The smallest absolute Gasteiger partial charge is 0.243 e. The lowest BCUT2D eigenvalue weighted by Gasteiger charge is -2.23. The van der Waals surface area contributed by atoms with Crippen molar-refractivity contribution in [1.82, 2.24) is 4.31 Å². The molecule has 1 aliphatic carbocycles. The fourth-order valence-electron chi connectivity index (χ4n) is 2.24. The molecule has 0 amide bonds. The maximum atomic E-state index is 12.9. The van der Waals surface area contributed by atoms with E-state index in [1.54, 1.807) is 17.3 Å². The molecule has 0 bridgehead atoms. The van der Waals surface area contributed by atoms with E-state index in [0.29, 0.717) is 22.8 Å². The lowest BCUT2D eigenvalue weighted by atomic mass is 10.2. The normalized spacial score (nSPS) is 15.8. The molecule has 0 aliphatic heterocycles. The van der Waals surface area contributed by atoms with E-state index in [2.05, 4.69) is 6.92 Å². The van der Waals surface area contributed by atoms with Gasteiger partial charge in [-0.25, -0.2) is 8.42 Å². The van der Waals surface area contributed by atoms with Crippen molar-refractivity contribution in [2.24, 2.45) is 0 Å². The van der Waals surface area contributed by atoms with E-state index in [9.17, 15) is 8.42 Å². The lowest BCUT2D eigenvalue weighted by molar-refractivity contribution is 0.395. The maximum absolute atomic E-state index is 12.9. The van der Waals surface area contributed by atoms with Crippen molar-refractivity contribution in [2.45, 2.75) is 50.5 Å². The lowest BCUT2D eigenvalue weighted by Crippen LogP contribution is -2.34. The van der Waals surface area contributed by atoms with Gasteiger partial charge >= 0.3 is 0 Å². The SMILES string of the molecule is CCCCN(C1CC1)S(=O)(=O)c1cc(Cl)cc(N)c1C. The minimum absolute atomic E-state index is 0.145. The third-order valence-corrected chi connectivity index (χ3v) is 5.93. The molecule has 4 nitrogen and oxygen atoms in total. The van der Waals surface area contributed by atoms with Crippen molar-refractivity contribution in [3.63, 3.8) is 0 Å². The van der Waals surface area contributed by atoms with Crippen molar-refractivity contribution in [1.29, 1.82) is 0 Å². The minimum atomic E-state index is -3.52. The Bertz CT molecular complexity index is 597. The molecule has 1 fully saturated rings. The first-order valence-corrected chi connectivity index (χ1v) is 8.77. The highest BCUT2D eigenvalue weighted by Crippen LogP contribution is 2.35. The van der Waals surface area contributed by atoms with E-state index in [1.165, 1.54) is 6.07 Å². The summed E-state index contributed by atoms with van der Waals surface area (Å²) in [5.74, 6) is 0. The van der Waals surface area contributed by atoms with Crippen molar-refractivity contribution < 1.29 is 8.42 Å². The van der Waals surface area contributed by atoms with Gasteiger partial charge in [0.05, 0.1) is 4.90 Å². The number of sulfonamides is 1. The molecule has 1 aliphatic rings. The van der Waals surface area contributed by atoms with Crippen LogP contribution in [0.4, 0.5) is 5.69 Å². The molecule has 0 aromatic heterocycles. The summed E-state index contributed by atoms with van der Waals surface area (Å²) >= 11 is 5.97. The van der Waals surface area contributed by atoms with Crippen LogP contribution in [0.5, 0.6) is 0 Å². The number of unbranched alkanes of at least 4 members (excludes halogenated alkanes) is 1. The number of hydrogen-bond acceptors (Lipinski definition) is 3. The maximum Gasteiger partial charge on any atom is 0.243 e. The molecule has 112 valence electrons. The second kappa shape index (κ2) is 5.92. The molecule has 2 N–H and O–H groups in total. The predicted molar refractivity (Wildman–Crippen MR) is 82.4 cm³/mol. The quantitative estimate of drug-likeness (QED) is 0.820. The van der Waals surface area contributed by atoms with Crippen LogP contribution >= 0.6 is 11.6 Å². The van der Waals surface area contributed by atoms with E-state index < -0.39 is 10.0 Å². The van der Waals surface area contributed by atoms with Gasteiger partial charge in [-0.3, -0.25) is 0 Å². The van der Waals surface area contributed by atoms with Gasteiger partial charge in [0.2, 0.25) is 10.0 Å². The summed E-state index contributed by atoms with van der Waals surface area (Å²) in [6.45, 7) is 4.35. The Morgan fingerprint density at radius 3 is 2.60 bits per heavy atom. The first-order valence-electron chi connectivity index (χ1n) is 6.95. The standard InChI is InChI=1S/C14H21ClN2O2S/c1-3-4-7-17(12-5-6-12)20(18,19)14-9-11(15)8-13(16)10(14)2/h8-9,12H,3-7,16H2,1-2H3. The largest absolute Gasteiger partial charge is 0.398 e. The van der Waals surface area contributed by atoms with Crippen LogP contribution in [0.2, 0.25) is 5.02 Å². The number of benzene rings is 1. The first kappa shape index (κ1) is 15.6. The van der Waals surface area contributed by atoms with Crippen LogP contribution in [0.1, 0.15) is 38.2 Å². The average Bonchev–Trinajstić information content (AvgIpc) is 3.18. The van der Waals surface area contributed by atoms with Crippen molar-refractivity contribution in [2.75, 3.05) is 12.3 Å². The Hall–Kier alpha value is -0.780. The zero-order valence-corrected chi connectivity index (χ0v) is 13.5. The molecule has 1 saturated carbocycles. The monoisotopic (exact) mass is 316 g/mol. The van der Waals surface area contributed by atoms with Crippen LogP contribution in [0, 0.1) is 6.92 Å². The fraction of sp³-hybridized carbons (Fsp3) is 0.571. The van der Waals surface area contributed by atoms with Crippen LogP contribution in [-0.2, 0) is 10.0 Å². The summed E-state index contributed by atoms with van der Waals surface area (Å²) in [7, 11) is -3.52. The highest BCUT2D eigenvalue weighted by atomic mass is 35.5. The van der Waals surface area contributed by atoms with Gasteiger partial charge in [-0.2, -0.15) is 4.31 Å². The van der Waals surface area contributed by atoms with Gasteiger partial charge in [-0.15, -0.1) is 0 Å². The van der Waals surface area contributed by atoms with Crippen molar-refractivity contribution >= 4 is 27.3 Å². The third kappa shape index (κ3) is 3.10. The summed E-state index contributed by atoms with van der Waals surface area (Å²) in [6.07, 6.45) is 3.72. The molecule has 6 heteroatoms. The Kier molecular flexibility index (Phi) is 4.62. The summed E-state index contributed by atoms with van der Waals surface area (Å²) in [6, 6.07) is 3.24. The highest BCUT2D eigenvalue weighted by molar-refractivity contribution is 7.89. The zero-order valence-electron chi connectivity index (χ0n) is 11.9. The predicted octanol–water partition coefficient (Wildman–Crippen LogP) is 3.18. The van der Waals surface area contributed by atoms with E-state index >= 15 is 0 Å². The summed E-state index contributed by atoms with van der Waals surface area (Å²) in [5, 5.41) is 0.359. The molecule has 0 heterocycles. The summed E-state index contributed by atoms with van der Waals surface area (Å²) in [5.41, 5.74) is 6.84. The molecular weight excluding hydrogens is 296 g/mol. The minimum Gasteiger partial charge on any atom is -0.398 e. The van der Waals surface area contributed by atoms with E-state index in [-0.39, 0.29) is 10.9 Å². The second-order valence-corrected chi connectivity index (χ2v) is 7.61. The molecule has 0 atom stereocenters. The van der Waals surface area contributed by atoms with Gasteiger partial charge in [-0.1, -0.05) is 24.9 Å². The van der Waals surface area contributed by atoms with Gasteiger partial charge in [0.25, 0.3) is 0 Å². The van der Waals surface area contributed by atoms with E-state index in [1.807, 2.05) is 0 Å². The summed E-state index contributed by atoms with van der Waals surface area (Å²) < 4.78 is 27.3. The zero-order chi connectivity index (χ0) is 14.9. The molecule has 0 saturated heterocycles. The van der Waals surface area contributed by atoms with Gasteiger partial charge < -0.3 is 5.73 Å². The van der Waals surface area contributed by atoms with Gasteiger partial charge in [0.1, 0.15) is 0 Å². The van der Waals surface area contributed by atoms with Gasteiger partial charge in [0, 0.05) is 23.3 Å². The number of nitrogens with zero attached hydrogens (tertiary/aromatic N) is 1. The fourth-order valence-corrected chi connectivity index (χ4v) is 4.54. The number of anilines is 1. The molecule has 0 unspecified atom stereocenters. The Balaban J connectivity index is 2.42. The Morgan fingerprint density at radius 2 is 2.05 bits per heavy atom. The molecule has 1 aromatic carbocycles. The molecule has 2 rings (SSSR count). The summed E-state index contributed by atoms with van der Waals surface area (Å²) in [4.78, 5) is 0.241. The second-order valence-electron chi connectivity index (χ2n) is 5.32. The van der Waals surface area contributed by atoms with Crippen LogP contribution in [-0.4, -0.2) is 25.3 Å². The third-order valence-electron chi connectivity index (χ3n) is 3.64. The molecule has 0 spiro atoms. The molecular formula is C14H21ClN2O2S. The number of halogens is 1.